The first-order valence-electron chi connectivity index (χ1n) is 7.02. The highest BCUT2D eigenvalue weighted by atomic mass is 16.5. The fraction of sp³-hybridized carbons (Fsp3) is 0.333. The molecule has 3 amide bonds. The first kappa shape index (κ1) is 16.6. The summed E-state index contributed by atoms with van der Waals surface area (Å²) in [6.45, 7) is -0.196. The van der Waals surface area contributed by atoms with Crippen LogP contribution in [-0.4, -0.2) is 60.0 Å². The Morgan fingerprint density at radius 1 is 1.13 bits per heavy atom. The number of carboxylic acid groups (broad SMARTS) is 1. The summed E-state index contributed by atoms with van der Waals surface area (Å²) >= 11 is 0. The number of hydrogen-bond donors (Lipinski definition) is 2. The summed E-state index contributed by atoms with van der Waals surface area (Å²) in [5.41, 5.74) is 0.694. The second kappa shape index (κ2) is 7.50. The number of benzene rings is 1. The molecule has 0 saturated carbocycles. The smallest absolute Gasteiger partial charge is 0.329 e. The van der Waals surface area contributed by atoms with Crippen LogP contribution >= 0.6 is 0 Å². The van der Waals surface area contributed by atoms with Crippen LogP contribution in [0.1, 0.15) is 27.1 Å². The number of carboxylic acids is 1. The van der Waals surface area contributed by atoms with E-state index in [0.717, 1.165) is 4.90 Å². The monoisotopic (exact) mass is 320 g/mol. The van der Waals surface area contributed by atoms with Crippen molar-refractivity contribution in [2.45, 2.75) is 6.42 Å². The van der Waals surface area contributed by atoms with E-state index in [4.69, 9.17) is 9.84 Å². The minimum Gasteiger partial charge on any atom is -0.480 e. The Kier molecular flexibility index (Phi) is 5.42. The molecule has 2 rings (SSSR count). The van der Waals surface area contributed by atoms with Gasteiger partial charge in [0.05, 0.1) is 17.7 Å². The van der Waals surface area contributed by atoms with Crippen LogP contribution in [0.15, 0.2) is 24.3 Å². The molecule has 2 N–H and O–H groups in total. The molecule has 0 fully saturated rings. The van der Waals surface area contributed by atoms with Crippen LogP contribution in [0.25, 0.3) is 0 Å². The summed E-state index contributed by atoms with van der Waals surface area (Å²) in [6, 6.07) is 6.51. The molecule has 0 spiro atoms. The highest BCUT2D eigenvalue weighted by Crippen LogP contribution is 2.22. The van der Waals surface area contributed by atoms with Gasteiger partial charge in [-0.1, -0.05) is 12.1 Å². The Hall–Kier alpha value is -2.74. The van der Waals surface area contributed by atoms with Crippen LogP contribution in [0.2, 0.25) is 0 Å². The van der Waals surface area contributed by atoms with Crippen molar-refractivity contribution in [1.82, 2.24) is 10.2 Å². The van der Waals surface area contributed by atoms with Gasteiger partial charge in [-0.2, -0.15) is 0 Å². The highest BCUT2D eigenvalue weighted by Gasteiger charge is 2.34. The fourth-order valence-corrected chi connectivity index (χ4v) is 2.17. The molecule has 23 heavy (non-hydrogen) atoms. The van der Waals surface area contributed by atoms with Crippen LogP contribution in [0.3, 0.4) is 0 Å². The number of nitrogens with zero attached hydrogens (tertiary/aromatic N) is 1. The number of amides is 3. The lowest BCUT2D eigenvalue weighted by molar-refractivity contribution is -0.142. The summed E-state index contributed by atoms with van der Waals surface area (Å²) < 4.78 is 4.77. The second-order valence-electron chi connectivity index (χ2n) is 4.85. The van der Waals surface area contributed by atoms with Gasteiger partial charge in [-0.05, 0) is 12.1 Å². The van der Waals surface area contributed by atoms with E-state index in [1.807, 2.05) is 0 Å². The predicted octanol–water partition coefficient (Wildman–Crippen LogP) is -0.110. The molecular formula is C15H16N2O6. The molecule has 0 aromatic heterocycles. The normalized spacial score (nSPS) is 13.1. The Balaban J connectivity index is 1.74. The summed E-state index contributed by atoms with van der Waals surface area (Å²) in [5.74, 6) is -2.23. The summed E-state index contributed by atoms with van der Waals surface area (Å²) in [6.07, 6.45) is -0.0234. The zero-order chi connectivity index (χ0) is 16.8. The molecule has 0 radical (unpaired) electrons. The average Bonchev–Trinajstić information content (AvgIpc) is 2.77. The van der Waals surface area contributed by atoms with Crippen molar-refractivity contribution in [2.24, 2.45) is 0 Å². The molecular weight excluding hydrogens is 304 g/mol. The van der Waals surface area contributed by atoms with Gasteiger partial charge in [-0.15, -0.1) is 0 Å². The number of rotatable bonds is 8. The molecule has 8 nitrogen and oxygen atoms in total. The summed E-state index contributed by atoms with van der Waals surface area (Å²) in [7, 11) is 0. The van der Waals surface area contributed by atoms with E-state index in [2.05, 4.69) is 5.32 Å². The summed E-state index contributed by atoms with van der Waals surface area (Å²) in [5, 5.41) is 10.9. The fourth-order valence-electron chi connectivity index (χ4n) is 2.17. The van der Waals surface area contributed by atoms with Gasteiger partial charge in [-0.3, -0.25) is 19.3 Å². The van der Waals surface area contributed by atoms with Gasteiger partial charge in [-0.25, -0.2) is 4.79 Å². The Labute approximate surface area is 132 Å². The number of ether oxygens (including phenoxy) is 1. The molecule has 1 aliphatic heterocycles. The van der Waals surface area contributed by atoms with E-state index in [-0.39, 0.29) is 32.0 Å². The van der Waals surface area contributed by atoms with Gasteiger partial charge in [0.25, 0.3) is 11.8 Å². The lowest BCUT2D eigenvalue weighted by atomic mass is 10.1. The minimum atomic E-state index is -1.08. The molecule has 0 bridgehead atoms. The molecule has 0 aliphatic carbocycles. The first-order valence-corrected chi connectivity index (χ1v) is 7.02. The quantitative estimate of drug-likeness (QED) is 0.510. The largest absolute Gasteiger partial charge is 0.480 e. The molecule has 1 aliphatic rings. The molecule has 0 unspecified atom stereocenters. The maximum Gasteiger partial charge on any atom is 0.329 e. The van der Waals surface area contributed by atoms with Crippen LogP contribution in [0.5, 0.6) is 0 Å². The van der Waals surface area contributed by atoms with Crippen LogP contribution < -0.4 is 5.32 Å². The van der Waals surface area contributed by atoms with E-state index >= 15 is 0 Å². The van der Waals surface area contributed by atoms with Crippen molar-refractivity contribution in [2.75, 3.05) is 26.3 Å². The lowest BCUT2D eigenvalue weighted by Gasteiger charge is -2.13. The van der Waals surface area contributed by atoms with Crippen molar-refractivity contribution >= 4 is 23.7 Å². The van der Waals surface area contributed by atoms with Crippen molar-refractivity contribution in [1.29, 1.82) is 0 Å². The van der Waals surface area contributed by atoms with E-state index in [1.54, 1.807) is 24.3 Å². The van der Waals surface area contributed by atoms with Gasteiger partial charge in [0.15, 0.2) is 0 Å². The number of fused-ring (bicyclic) bond motifs is 1. The van der Waals surface area contributed by atoms with Crippen LogP contribution in [0.4, 0.5) is 0 Å². The standard InChI is InChI=1S/C15H16N2O6/c18-12(16-6-8-23-9-13(19)20)5-7-17-14(21)10-3-1-2-4-11(10)15(17)22/h1-4H,5-9H2,(H,16,18)(H,19,20). The maximum absolute atomic E-state index is 12.1. The maximum atomic E-state index is 12.1. The molecule has 0 atom stereocenters. The van der Waals surface area contributed by atoms with Crippen molar-refractivity contribution in [3.05, 3.63) is 35.4 Å². The van der Waals surface area contributed by atoms with Crippen LogP contribution in [0, 0.1) is 0 Å². The van der Waals surface area contributed by atoms with Gasteiger partial charge in [0.2, 0.25) is 5.91 Å². The van der Waals surface area contributed by atoms with E-state index in [0.29, 0.717) is 11.1 Å². The molecule has 1 aromatic carbocycles. The van der Waals surface area contributed by atoms with Gasteiger partial charge in [0.1, 0.15) is 6.61 Å². The Morgan fingerprint density at radius 3 is 2.30 bits per heavy atom. The van der Waals surface area contributed by atoms with Crippen LogP contribution in [-0.2, 0) is 14.3 Å². The number of aliphatic carboxylic acids is 1. The second-order valence-corrected chi connectivity index (χ2v) is 4.85. The van der Waals surface area contributed by atoms with Crippen molar-refractivity contribution < 1.29 is 29.0 Å². The third-order valence-corrected chi connectivity index (χ3v) is 3.23. The van der Waals surface area contributed by atoms with E-state index in [9.17, 15) is 19.2 Å². The third kappa shape index (κ3) is 4.13. The Morgan fingerprint density at radius 2 is 1.74 bits per heavy atom. The number of carbonyl (C=O) groups is 4. The minimum absolute atomic E-state index is 0.00579. The molecule has 122 valence electrons. The first-order chi connectivity index (χ1) is 11.0. The number of nitrogens with one attached hydrogen (secondary N) is 1. The van der Waals surface area contributed by atoms with Gasteiger partial charge in [0, 0.05) is 19.5 Å². The van der Waals surface area contributed by atoms with E-state index < -0.39 is 24.4 Å². The average molecular weight is 320 g/mol. The summed E-state index contributed by atoms with van der Waals surface area (Å²) in [4.78, 5) is 47.1. The lowest BCUT2D eigenvalue weighted by Crippen LogP contribution is -2.35. The zero-order valence-corrected chi connectivity index (χ0v) is 12.3. The molecule has 1 heterocycles. The van der Waals surface area contributed by atoms with E-state index in [1.165, 1.54) is 0 Å². The Bertz CT molecular complexity index is 608. The number of imide groups is 1. The third-order valence-electron chi connectivity index (χ3n) is 3.23. The zero-order valence-electron chi connectivity index (χ0n) is 12.3. The molecule has 8 heteroatoms. The predicted molar refractivity (Wildman–Crippen MR) is 77.9 cm³/mol. The number of hydrogen-bond acceptors (Lipinski definition) is 5. The molecule has 1 aromatic rings. The SMILES string of the molecule is O=C(O)COCCNC(=O)CCN1C(=O)c2ccccc2C1=O. The van der Waals surface area contributed by atoms with Crippen molar-refractivity contribution in [3.63, 3.8) is 0 Å². The number of carbonyl (C=O) groups excluding carboxylic acids is 3. The molecule has 0 saturated heterocycles. The highest BCUT2D eigenvalue weighted by molar-refractivity contribution is 6.21. The topological polar surface area (TPSA) is 113 Å². The van der Waals surface area contributed by atoms with Gasteiger partial charge < -0.3 is 15.2 Å². The van der Waals surface area contributed by atoms with Crippen molar-refractivity contribution in [3.8, 4) is 0 Å². The van der Waals surface area contributed by atoms with Gasteiger partial charge >= 0.3 is 5.97 Å².